The first-order valence-electron chi connectivity index (χ1n) is 8.19. The van der Waals surface area contributed by atoms with Gasteiger partial charge in [0.15, 0.2) is 0 Å². The molecule has 1 amide bonds. The van der Waals surface area contributed by atoms with E-state index in [-0.39, 0.29) is 17.9 Å². The molecule has 1 atom stereocenters. The SMILES string of the molecule is CC(O)(CC(=O)NCC(C)(C)N1CCOCC1)c1ccccc1. The number of carbonyl (C=O) groups is 1. The Kier molecular flexibility index (Phi) is 5.79. The van der Waals surface area contributed by atoms with Crippen LogP contribution in [0.25, 0.3) is 0 Å². The Balaban J connectivity index is 1.87. The summed E-state index contributed by atoms with van der Waals surface area (Å²) < 4.78 is 5.37. The van der Waals surface area contributed by atoms with Gasteiger partial charge in [0.2, 0.25) is 5.91 Å². The fourth-order valence-corrected chi connectivity index (χ4v) is 2.87. The van der Waals surface area contributed by atoms with Crippen molar-refractivity contribution in [1.82, 2.24) is 10.2 Å². The molecule has 0 radical (unpaired) electrons. The van der Waals surface area contributed by atoms with Crippen LogP contribution in [0.2, 0.25) is 0 Å². The second kappa shape index (κ2) is 7.43. The first-order valence-corrected chi connectivity index (χ1v) is 8.19. The van der Waals surface area contributed by atoms with Gasteiger partial charge >= 0.3 is 0 Å². The molecule has 5 nitrogen and oxygen atoms in total. The molecular formula is C18H28N2O3. The lowest BCUT2D eigenvalue weighted by Gasteiger charge is -2.41. The van der Waals surface area contributed by atoms with Crippen LogP contribution in [0.4, 0.5) is 0 Å². The topological polar surface area (TPSA) is 61.8 Å². The Labute approximate surface area is 138 Å². The van der Waals surface area contributed by atoms with Gasteiger partial charge in [-0.25, -0.2) is 0 Å². The molecule has 1 aliphatic heterocycles. The number of benzene rings is 1. The van der Waals surface area contributed by atoms with Crippen LogP contribution in [0, 0.1) is 0 Å². The molecule has 1 aromatic carbocycles. The number of nitrogens with one attached hydrogen (secondary N) is 1. The Hall–Kier alpha value is -1.43. The van der Waals surface area contributed by atoms with Gasteiger partial charge < -0.3 is 15.2 Å². The molecule has 1 aliphatic rings. The standard InChI is InChI=1S/C18H28N2O3/c1-17(2,20-9-11-23-12-10-20)14-19-16(21)13-18(3,22)15-7-5-4-6-8-15/h4-8,22H,9-14H2,1-3H3,(H,19,21). The van der Waals surface area contributed by atoms with Gasteiger partial charge in [-0.05, 0) is 26.3 Å². The zero-order valence-electron chi connectivity index (χ0n) is 14.3. The fraction of sp³-hybridized carbons (Fsp3) is 0.611. The van der Waals surface area contributed by atoms with Gasteiger partial charge in [0.1, 0.15) is 0 Å². The Morgan fingerprint density at radius 1 is 1.22 bits per heavy atom. The molecule has 2 rings (SSSR count). The minimum absolute atomic E-state index is 0.0518. The Bertz CT molecular complexity index is 508. The molecule has 1 saturated heterocycles. The molecule has 128 valence electrons. The number of morpholine rings is 1. The Morgan fingerprint density at radius 2 is 1.83 bits per heavy atom. The maximum absolute atomic E-state index is 12.2. The molecule has 0 aliphatic carbocycles. The maximum Gasteiger partial charge on any atom is 0.223 e. The highest BCUT2D eigenvalue weighted by molar-refractivity contribution is 5.77. The summed E-state index contributed by atoms with van der Waals surface area (Å²) in [5.74, 6) is -0.139. The summed E-state index contributed by atoms with van der Waals surface area (Å²) in [7, 11) is 0. The van der Waals surface area contributed by atoms with Crippen LogP contribution >= 0.6 is 0 Å². The van der Waals surface area contributed by atoms with Gasteiger partial charge in [-0.2, -0.15) is 0 Å². The molecule has 0 spiro atoms. The van der Waals surface area contributed by atoms with E-state index in [1.165, 1.54) is 0 Å². The normalized spacial score (nSPS) is 19.1. The summed E-state index contributed by atoms with van der Waals surface area (Å²) >= 11 is 0. The summed E-state index contributed by atoms with van der Waals surface area (Å²) in [6.45, 7) is 9.70. The van der Waals surface area contributed by atoms with Gasteiger partial charge in [-0.1, -0.05) is 30.3 Å². The van der Waals surface area contributed by atoms with Crippen molar-refractivity contribution in [3.8, 4) is 0 Å². The first-order chi connectivity index (χ1) is 10.8. The number of hydrogen-bond donors (Lipinski definition) is 2. The van der Waals surface area contributed by atoms with Crippen molar-refractivity contribution < 1.29 is 14.6 Å². The van der Waals surface area contributed by atoms with E-state index in [0.717, 1.165) is 31.9 Å². The number of hydrogen-bond acceptors (Lipinski definition) is 4. The van der Waals surface area contributed by atoms with Crippen molar-refractivity contribution in [2.75, 3.05) is 32.8 Å². The van der Waals surface area contributed by atoms with E-state index < -0.39 is 5.60 Å². The molecule has 0 bridgehead atoms. The molecule has 1 heterocycles. The van der Waals surface area contributed by atoms with Crippen LogP contribution < -0.4 is 5.32 Å². The van der Waals surface area contributed by atoms with Gasteiger partial charge in [0.25, 0.3) is 0 Å². The molecule has 0 aromatic heterocycles. The van der Waals surface area contributed by atoms with Crippen molar-refractivity contribution in [3.63, 3.8) is 0 Å². The quantitative estimate of drug-likeness (QED) is 0.834. The van der Waals surface area contributed by atoms with Gasteiger partial charge in [0.05, 0.1) is 25.2 Å². The number of amides is 1. The second-order valence-electron chi connectivity index (χ2n) is 7.01. The predicted octanol–water partition coefficient (Wildman–Crippen LogP) is 1.51. The summed E-state index contributed by atoms with van der Waals surface area (Å²) in [6, 6.07) is 9.30. The highest BCUT2D eigenvalue weighted by Crippen LogP contribution is 2.24. The van der Waals surface area contributed by atoms with Crippen molar-refractivity contribution >= 4 is 5.91 Å². The number of aliphatic hydroxyl groups is 1. The number of carbonyl (C=O) groups excluding carboxylic acids is 1. The zero-order chi connectivity index (χ0) is 16.9. The van der Waals surface area contributed by atoms with E-state index >= 15 is 0 Å². The Morgan fingerprint density at radius 3 is 2.43 bits per heavy atom. The van der Waals surface area contributed by atoms with Crippen LogP contribution in [-0.2, 0) is 15.1 Å². The van der Waals surface area contributed by atoms with Crippen molar-refractivity contribution in [2.24, 2.45) is 0 Å². The molecule has 0 saturated carbocycles. The molecule has 1 fully saturated rings. The summed E-state index contributed by atoms with van der Waals surface area (Å²) in [5, 5.41) is 13.5. The molecule has 5 heteroatoms. The third kappa shape index (κ3) is 5.03. The van der Waals surface area contributed by atoms with Gasteiger partial charge in [-0.3, -0.25) is 9.69 Å². The zero-order valence-corrected chi connectivity index (χ0v) is 14.3. The molecule has 23 heavy (non-hydrogen) atoms. The average Bonchev–Trinajstić information content (AvgIpc) is 2.54. The summed E-state index contributed by atoms with van der Waals surface area (Å²) in [4.78, 5) is 14.6. The highest BCUT2D eigenvalue weighted by atomic mass is 16.5. The molecule has 1 aromatic rings. The second-order valence-corrected chi connectivity index (χ2v) is 7.01. The smallest absolute Gasteiger partial charge is 0.223 e. The van der Waals surface area contributed by atoms with Gasteiger partial charge in [0, 0.05) is 25.2 Å². The van der Waals surface area contributed by atoms with Crippen molar-refractivity contribution in [2.45, 2.75) is 38.3 Å². The number of ether oxygens (including phenoxy) is 1. The van der Waals surface area contributed by atoms with Crippen LogP contribution in [0.3, 0.4) is 0 Å². The third-order valence-electron chi connectivity index (χ3n) is 4.49. The average molecular weight is 320 g/mol. The van der Waals surface area contributed by atoms with E-state index in [1.807, 2.05) is 30.3 Å². The van der Waals surface area contributed by atoms with Crippen LogP contribution in [-0.4, -0.2) is 54.3 Å². The lowest BCUT2D eigenvalue weighted by molar-refractivity contribution is -0.126. The predicted molar refractivity (Wildman–Crippen MR) is 90.1 cm³/mol. The third-order valence-corrected chi connectivity index (χ3v) is 4.49. The monoisotopic (exact) mass is 320 g/mol. The fourth-order valence-electron chi connectivity index (χ4n) is 2.87. The highest BCUT2D eigenvalue weighted by Gasteiger charge is 2.30. The summed E-state index contributed by atoms with van der Waals surface area (Å²) in [5.41, 5.74) is -0.533. The lowest BCUT2D eigenvalue weighted by atomic mass is 9.92. The number of rotatable bonds is 6. The first kappa shape index (κ1) is 17.9. The van der Waals surface area contributed by atoms with Crippen LogP contribution in [0.15, 0.2) is 30.3 Å². The minimum atomic E-state index is -1.16. The van der Waals surface area contributed by atoms with Crippen LogP contribution in [0.5, 0.6) is 0 Å². The van der Waals surface area contributed by atoms with E-state index in [2.05, 4.69) is 24.1 Å². The van der Waals surface area contributed by atoms with Crippen molar-refractivity contribution in [1.29, 1.82) is 0 Å². The lowest BCUT2D eigenvalue weighted by Crippen LogP contribution is -2.55. The van der Waals surface area contributed by atoms with E-state index in [9.17, 15) is 9.90 Å². The largest absolute Gasteiger partial charge is 0.385 e. The molecule has 1 unspecified atom stereocenters. The van der Waals surface area contributed by atoms with Crippen molar-refractivity contribution in [3.05, 3.63) is 35.9 Å². The van der Waals surface area contributed by atoms with E-state index in [0.29, 0.717) is 6.54 Å². The minimum Gasteiger partial charge on any atom is -0.385 e. The number of nitrogens with zero attached hydrogens (tertiary/aromatic N) is 1. The van der Waals surface area contributed by atoms with Gasteiger partial charge in [-0.15, -0.1) is 0 Å². The summed E-state index contributed by atoms with van der Waals surface area (Å²) in [6.07, 6.45) is 0.0518. The van der Waals surface area contributed by atoms with E-state index in [4.69, 9.17) is 4.74 Å². The molecule has 2 N–H and O–H groups in total. The molecular weight excluding hydrogens is 292 g/mol. The van der Waals surface area contributed by atoms with Crippen LogP contribution in [0.1, 0.15) is 32.8 Å². The maximum atomic E-state index is 12.2. The van der Waals surface area contributed by atoms with E-state index in [1.54, 1.807) is 6.92 Å².